The van der Waals surface area contributed by atoms with Crippen molar-refractivity contribution in [2.24, 2.45) is 11.1 Å². The minimum absolute atomic E-state index is 0.0249. The molecule has 0 aromatic heterocycles. The number of amides is 1. The van der Waals surface area contributed by atoms with Gasteiger partial charge in [0.2, 0.25) is 0 Å². The van der Waals surface area contributed by atoms with E-state index in [4.69, 9.17) is 10.5 Å². The van der Waals surface area contributed by atoms with Gasteiger partial charge in [-0.15, -0.1) is 0 Å². The minimum Gasteiger partial charge on any atom is -0.385 e. The topological polar surface area (TPSA) is 64.3 Å². The van der Waals surface area contributed by atoms with Gasteiger partial charge in [0.25, 0.3) is 5.91 Å². The van der Waals surface area contributed by atoms with E-state index in [0.717, 1.165) is 12.0 Å². The molecule has 0 atom stereocenters. The van der Waals surface area contributed by atoms with Crippen LogP contribution in [0.2, 0.25) is 0 Å². The molecule has 0 spiro atoms. The van der Waals surface area contributed by atoms with Crippen molar-refractivity contribution in [3.05, 3.63) is 35.4 Å². The number of methoxy groups -OCH3 is 1. The van der Waals surface area contributed by atoms with Crippen molar-refractivity contribution >= 4 is 5.91 Å². The molecule has 106 valence electrons. The fourth-order valence-electron chi connectivity index (χ4n) is 1.73. The van der Waals surface area contributed by atoms with Gasteiger partial charge in [0, 0.05) is 32.4 Å². The summed E-state index contributed by atoms with van der Waals surface area (Å²) in [6.45, 7) is 6.00. The van der Waals surface area contributed by atoms with Gasteiger partial charge in [-0.1, -0.05) is 26.0 Å². The zero-order valence-corrected chi connectivity index (χ0v) is 12.0. The number of ether oxygens (including phenoxy) is 1. The summed E-state index contributed by atoms with van der Waals surface area (Å²) in [5.41, 5.74) is 7.22. The fourth-order valence-corrected chi connectivity index (χ4v) is 1.73. The number of carbonyl (C=O) groups excluding carboxylic acids is 1. The van der Waals surface area contributed by atoms with Crippen LogP contribution in [0, 0.1) is 5.41 Å². The molecule has 0 unspecified atom stereocenters. The zero-order chi connectivity index (χ0) is 14.3. The highest BCUT2D eigenvalue weighted by Gasteiger charge is 2.18. The maximum Gasteiger partial charge on any atom is 0.251 e. The Bertz CT molecular complexity index is 416. The SMILES string of the molecule is COCCC(C)(C)CNC(=O)c1cccc(CN)c1. The first-order valence-electron chi connectivity index (χ1n) is 6.54. The van der Waals surface area contributed by atoms with E-state index in [9.17, 15) is 4.79 Å². The average molecular weight is 264 g/mol. The van der Waals surface area contributed by atoms with E-state index in [0.29, 0.717) is 25.3 Å². The van der Waals surface area contributed by atoms with E-state index in [2.05, 4.69) is 19.2 Å². The third-order valence-corrected chi connectivity index (χ3v) is 3.14. The highest BCUT2D eigenvalue weighted by atomic mass is 16.5. The minimum atomic E-state index is -0.0548. The van der Waals surface area contributed by atoms with Crippen LogP contribution in [0.15, 0.2) is 24.3 Å². The van der Waals surface area contributed by atoms with Crippen molar-refractivity contribution in [2.75, 3.05) is 20.3 Å². The number of nitrogens with two attached hydrogens (primary N) is 1. The molecule has 0 heterocycles. The standard InChI is InChI=1S/C15H24N2O2/c1-15(2,7-8-19-3)11-17-14(18)13-6-4-5-12(9-13)10-16/h4-6,9H,7-8,10-11,16H2,1-3H3,(H,17,18). The van der Waals surface area contributed by atoms with Crippen molar-refractivity contribution in [3.8, 4) is 0 Å². The van der Waals surface area contributed by atoms with Gasteiger partial charge in [-0.25, -0.2) is 0 Å². The number of nitrogens with one attached hydrogen (secondary N) is 1. The first kappa shape index (κ1) is 15.7. The van der Waals surface area contributed by atoms with E-state index in [1.165, 1.54) is 0 Å². The summed E-state index contributed by atoms with van der Waals surface area (Å²) in [6, 6.07) is 7.40. The van der Waals surface area contributed by atoms with Crippen molar-refractivity contribution < 1.29 is 9.53 Å². The number of benzene rings is 1. The lowest BCUT2D eigenvalue weighted by molar-refractivity contribution is 0.0921. The van der Waals surface area contributed by atoms with Crippen LogP contribution < -0.4 is 11.1 Å². The van der Waals surface area contributed by atoms with Crippen LogP contribution in [0.5, 0.6) is 0 Å². The number of carbonyl (C=O) groups is 1. The quantitative estimate of drug-likeness (QED) is 0.791. The van der Waals surface area contributed by atoms with Crippen LogP contribution in [0.4, 0.5) is 0 Å². The van der Waals surface area contributed by atoms with E-state index < -0.39 is 0 Å². The molecule has 4 nitrogen and oxygen atoms in total. The van der Waals surface area contributed by atoms with Gasteiger partial charge < -0.3 is 15.8 Å². The molecule has 1 aromatic carbocycles. The summed E-state index contributed by atoms with van der Waals surface area (Å²) >= 11 is 0. The normalized spacial score (nSPS) is 11.4. The molecule has 1 amide bonds. The predicted molar refractivity (Wildman–Crippen MR) is 76.9 cm³/mol. The molecule has 0 aliphatic heterocycles. The molecule has 0 fully saturated rings. The Labute approximate surface area is 115 Å². The Morgan fingerprint density at radius 3 is 2.79 bits per heavy atom. The van der Waals surface area contributed by atoms with Crippen LogP contribution in [0.3, 0.4) is 0 Å². The Hall–Kier alpha value is -1.39. The molecule has 1 aromatic rings. The number of rotatable bonds is 7. The summed E-state index contributed by atoms with van der Waals surface area (Å²) in [4.78, 5) is 12.1. The summed E-state index contributed by atoms with van der Waals surface area (Å²) in [5, 5.41) is 2.96. The van der Waals surface area contributed by atoms with Crippen LogP contribution >= 0.6 is 0 Å². The van der Waals surface area contributed by atoms with Crippen LogP contribution in [0.1, 0.15) is 36.2 Å². The smallest absolute Gasteiger partial charge is 0.251 e. The highest BCUT2D eigenvalue weighted by Crippen LogP contribution is 2.19. The summed E-state index contributed by atoms with van der Waals surface area (Å²) < 4.78 is 5.07. The molecule has 0 saturated carbocycles. The summed E-state index contributed by atoms with van der Waals surface area (Å²) in [5.74, 6) is -0.0548. The number of hydrogen-bond acceptors (Lipinski definition) is 3. The van der Waals surface area contributed by atoms with Gasteiger partial charge in [-0.05, 0) is 29.5 Å². The molecule has 4 heteroatoms. The zero-order valence-electron chi connectivity index (χ0n) is 12.0. The van der Waals surface area contributed by atoms with Gasteiger partial charge in [-0.3, -0.25) is 4.79 Å². The number of hydrogen-bond donors (Lipinski definition) is 2. The van der Waals surface area contributed by atoms with Crippen LogP contribution in [0.25, 0.3) is 0 Å². The second kappa shape index (κ2) is 7.26. The highest BCUT2D eigenvalue weighted by molar-refractivity contribution is 5.94. The van der Waals surface area contributed by atoms with Gasteiger partial charge in [0.05, 0.1) is 0 Å². The molecule has 0 bridgehead atoms. The third kappa shape index (κ3) is 5.41. The van der Waals surface area contributed by atoms with Crippen molar-refractivity contribution in [2.45, 2.75) is 26.8 Å². The lowest BCUT2D eigenvalue weighted by Gasteiger charge is -2.24. The van der Waals surface area contributed by atoms with Crippen molar-refractivity contribution in [1.82, 2.24) is 5.32 Å². The molecule has 1 rings (SSSR count). The van der Waals surface area contributed by atoms with Crippen LogP contribution in [-0.2, 0) is 11.3 Å². The van der Waals surface area contributed by atoms with E-state index >= 15 is 0 Å². The molecular formula is C15H24N2O2. The monoisotopic (exact) mass is 264 g/mol. The van der Waals surface area contributed by atoms with Crippen LogP contribution in [-0.4, -0.2) is 26.2 Å². The molecule has 3 N–H and O–H groups in total. The first-order valence-corrected chi connectivity index (χ1v) is 6.54. The average Bonchev–Trinajstić information content (AvgIpc) is 2.43. The third-order valence-electron chi connectivity index (χ3n) is 3.14. The molecule has 19 heavy (non-hydrogen) atoms. The van der Waals surface area contributed by atoms with Gasteiger partial charge in [0.1, 0.15) is 0 Å². The Kier molecular flexibility index (Phi) is 5.99. The molecule has 0 saturated heterocycles. The summed E-state index contributed by atoms with van der Waals surface area (Å²) in [7, 11) is 1.69. The Morgan fingerprint density at radius 2 is 2.16 bits per heavy atom. The van der Waals surface area contributed by atoms with Gasteiger partial charge >= 0.3 is 0 Å². The summed E-state index contributed by atoms with van der Waals surface area (Å²) in [6.07, 6.45) is 0.909. The van der Waals surface area contributed by atoms with Crippen molar-refractivity contribution in [3.63, 3.8) is 0 Å². The maximum absolute atomic E-state index is 12.1. The van der Waals surface area contributed by atoms with Gasteiger partial charge in [-0.2, -0.15) is 0 Å². The maximum atomic E-state index is 12.1. The lowest BCUT2D eigenvalue weighted by atomic mass is 9.89. The molecular weight excluding hydrogens is 240 g/mol. The first-order chi connectivity index (χ1) is 8.98. The largest absolute Gasteiger partial charge is 0.385 e. The molecule has 0 aliphatic rings. The molecule has 0 aliphatic carbocycles. The van der Waals surface area contributed by atoms with E-state index in [-0.39, 0.29) is 11.3 Å². The van der Waals surface area contributed by atoms with E-state index in [1.807, 2.05) is 18.2 Å². The Balaban J connectivity index is 2.55. The van der Waals surface area contributed by atoms with E-state index in [1.54, 1.807) is 13.2 Å². The second-order valence-electron chi connectivity index (χ2n) is 5.49. The Morgan fingerprint density at radius 1 is 1.42 bits per heavy atom. The second-order valence-corrected chi connectivity index (χ2v) is 5.49. The fraction of sp³-hybridized carbons (Fsp3) is 0.533. The predicted octanol–water partition coefficient (Wildman–Crippen LogP) is 1.94. The molecule has 0 radical (unpaired) electrons. The van der Waals surface area contributed by atoms with Gasteiger partial charge in [0.15, 0.2) is 0 Å². The lowest BCUT2D eigenvalue weighted by Crippen LogP contribution is -2.34. The van der Waals surface area contributed by atoms with Crippen molar-refractivity contribution in [1.29, 1.82) is 0 Å².